The molecule has 2 unspecified atom stereocenters. The second-order valence-corrected chi connectivity index (χ2v) is 10.5. The van der Waals surface area contributed by atoms with Gasteiger partial charge in [-0.05, 0) is 32.6 Å². The summed E-state index contributed by atoms with van der Waals surface area (Å²) in [5.74, 6) is -0.459. The van der Waals surface area contributed by atoms with Crippen LogP contribution in [0.15, 0.2) is 0 Å². The van der Waals surface area contributed by atoms with Crippen molar-refractivity contribution >= 4 is 15.2 Å². The topological polar surface area (TPSA) is 93.1 Å². The second-order valence-electron chi connectivity index (χ2n) is 5.90. The molecule has 0 aromatic rings. The van der Waals surface area contributed by atoms with E-state index in [1.54, 1.807) is 20.8 Å². The van der Waals surface area contributed by atoms with Crippen LogP contribution in [0.1, 0.15) is 73.1 Å². The highest BCUT2D eigenvalue weighted by Gasteiger charge is 2.64. The predicted molar refractivity (Wildman–Crippen MR) is 93.8 cm³/mol. The van der Waals surface area contributed by atoms with Crippen LogP contribution in [0.25, 0.3) is 0 Å². The van der Waals surface area contributed by atoms with Gasteiger partial charge in [0.2, 0.25) is 0 Å². The van der Waals surface area contributed by atoms with Gasteiger partial charge in [0.05, 0.1) is 13.2 Å². The summed E-state index contributed by atoms with van der Waals surface area (Å²) in [7, 11) is -8.70. The van der Waals surface area contributed by atoms with Crippen molar-refractivity contribution in [2.24, 2.45) is 5.92 Å². The molecule has 0 aromatic carbocycles. The van der Waals surface area contributed by atoms with Crippen molar-refractivity contribution in [3.05, 3.63) is 0 Å². The molecule has 2 N–H and O–H groups in total. The maximum Gasteiger partial charge on any atom is 0.349 e. The zero-order valence-corrected chi connectivity index (χ0v) is 16.9. The summed E-state index contributed by atoms with van der Waals surface area (Å²) >= 11 is 0. The van der Waals surface area contributed by atoms with Crippen molar-refractivity contribution < 1.29 is 28.0 Å². The first-order valence-corrected chi connectivity index (χ1v) is 11.8. The third-order valence-electron chi connectivity index (χ3n) is 4.25. The summed E-state index contributed by atoms with van der Waals surface area (Å²) in [5.41, 5.74) is 0. The fourth-order valence-corrected chi connectivity index (χ4v) is 8.10. The molecule has 0 radical (unpaired) electrons. The quantitative estimate of drug-likeness (QED) is 0.435. The largest absolute Gasteiger partial charge is 0.349 e. The van der Waals surface area contributed by atoms with Crippen LogP contribution in [-0.2, 0) is 18.2 Å². The number of hydrogen-bond acceptors (Lipinski definition) is 4. The summed E-state index contributed by atoms with van der Waals surface area (Å²) < 4.78 is 36.8. The molecule has 2 atom stereocenters. The maximum atomic E-state index is 13.5. The lowest BCUT2D eigenvalue weighted by Gasteiger charge is -2.43. The zero-order chi connectivity index (χ0) is 18.1. The van der Waals surface area contributed by atoms with E-state index in [0.717, 1.165) is 19.3 Å². The lowest BCUT2D eigenvalue weighted by molar-refractivity contribution is 0.180. The van der Waals surface area contributed by atoms with Crippen LogP contribution in [-0.4, -0.2) is 27.9 Å². The van der Waals surface area contributed by atoms with Gasteiger partial charge in [-0.3, -0.25) is 9.13 Å². The van der Waals surface area contributed by atoms with Gasteiger partial charge in [-0.25, -0.2) is 0 Å². The van der Waals surface area contributed by atoms with Crippen molar-refractivity contribution in [2.75, 3.05) is 13.2 Å². The molecule has 0 aliphatic carbocycles. The van der Waals surface area contributed by atoms with E-state index in [0.29, 0.717) is 12.8 Å². The number of hydrogen-bond donors (Lipinski definition) is 2. The second kappa shape index (κ2) is 10.3. The van der Waals surface area contributed by atoms with E-state index >= 15 is 0 Å². The van der Waals surface area contributed by atoms with Gasteiger partial charge in [0.15, 0.2) is 4.90 Å². The lowest BCUT2D eigenvalue weighted by Crippen LogP contribution is -2.38. The van der Waals surface area contributed by atoms with Crippen molar-refractivity contribution in [1.82, 2.24) is 0 Å². The molecule has 0 heterocycles. The molecule has 8 heteroatoms. The molecule has 0 fully saturated rings. The van der Waals surface area contributed by atoms with Gasteiger partial charge in [-0.2, -0.15) is 0 Å². The van der Waals surface area contributed by atoms with Crippen LogP contribution in [0, 0.1) is 5.92 Å². The van der Waals surface area contributed by atoms with Crippen molar-refractivity contribution in [3.63, 3.8) is 0 Å². The van der Waals surface area contributed by atoms with Crippen LogP contribution in [0.4, 0.5) is 0 Å². The van der Waals surface area contributed by atoms with Gasteiger partial charge in [0, 0.05) is 0 Å². The van der Waals surface area contributed by atoms with Crippen LogP contribution in [0.3, 0.4) is 0 Å². The first-order chi connectivity index (χ1) is 10.7. The van der Waals surface area contributed by atoms with E-state index in [1.165, 1.54) is 0 Å². The average Bonchev–Trinajstić information content (AvgIpc) is 2.44. The Bertz CT molecular complexity index is 412. The summed E-state index contributed by atoms with van der Waals surface area (Å²) in [4.78, 5) is 18.6. The SMILES string of the molecule is CCCCC(C)C(CCCC)(P(=O)(O)O)P(=O)(OCC)OCC. The monoisotopic (exact) mass is 372 g/mol. The third kappa shape index (κ3) is 5.39. The molecular weight excluding hydrogens is 338 g/mol. The van der Waals surface area contributed by atoms with Crippen molar-refractivity contribution in [1.29, 1.82) is 0 Å². The molecule has 0 rings (SSSR count). The minimum absolute atomic E-state index is 0.0889. The summed E-state index contributed by atoms with van der Waals surface area (Å²) in [6.07, 6.45) is 3.74. The molecule has 0 spiro atoms. The normalized spacial score (nSPS) is 17.0. The number of unbranched alkanes of at least 4 members (excludes halogenated alkanes) is 2. The van der Waals surface area contributed by atoms with Gasteiger partial charge in [0.1, 0.15) is 0 Å². The zero-order valence-electron chi connectivity index (χ0n) is 15.2. The molecule has 0 aliphatic rings. The maximum absolute atomic E-state index is 13.5. The van der Waals surface area contributed by atoms with Crippen LogP contribution in [0.2, 0.25) is 0 Å². The van der Waals surface area contributed by atoms with Gasteiger partial charge in [-0.15, -0.1) is 0 Å². The molecule has 6 nitrogen and oxygen atoms in total. The Hall–Kier alpha value is 0.300. The van der Waals surface area contributed by atoms with E-state index in [1.807, 2.05) is 13.8 Å². The Balaban J connectivity index is 6.16. The fourth-order valence-electron chi connectivity index (χ4n) is 3.02. The first-order valence-electron chi connectivity index (χ1n) is 8.61. The highest BCUT2D eigenvalue weighted by molar-refractivity contribution is 7.73. The predicted octanol–water partition coefficient (Wildman–Crippen LogP) is 5.14. The average molecular weight is 372 g/mol. The highest BCUT2D eigenvalue weighted by atomic mass is 31.2. The summed E-state index contributed by atoms with van der Waals surface area (Å²) in [5, 5.41) is 0. The Labute approximate surface area is 141 Å². The van der Waals surface area contributed by atoms with Crippen molar-refractivity contribution in [3.8, 4) is 0 Å². The minimum Gasteiger partial charge on any atom is -0.324 e. The van der Waals surface area contributed by atoms with Crippen LogP contribution < -0.4 is 0 Å². The van der Waals surface area contributed by atoms with Gasteiger partial charge in [0.25, 0.3) is 0 Å². The fraction of sp³-hybridized carbons (Fsp3) is 1.00. The first kappa shape index (κ1) is 23.3. The molecule has 0 aromatic heterocycles. The van der Waals surface area contributed by atoms with E-state index in [2.05, 4.69) is 0 Å². The molecule has 140 valence electrons. The van der Waals surface area contributed by atoms with Gasteiger partial charge < -0.3 is 18.8 Å². The highest BCUT2D eigenvalue weighted by Crippen LogP contribution is 2.78. The van der Waals surface area contributed by atoms with Crippen LogP contribution in [0.5, 0.6) is 0 Å². The van der Waals surface area contributed by atoms with E-state index in [9.17, 15) is 18.9 Å². The molecule has 0 amide bonds. The number of rotatable bonds is 13. The van der Waals surface area contributed by atoms with Gasteiger partial charge in [-0.1, -0.05) is 46.5 Å². The smallest absolute Gasteiger partial charge is 0.324 e. The molecule has 0 saturated heterocycles. The summed E-state index contributed by atoms with van der Waals surface area (Å²) in [6.45, 7) is 9.21. The Morgan fingerprint density at radius 3 is 1.78 bits per heavy atom. The molecule has 0 bridgehead atoms. The lowest BCUT2D eigenvalue weighted by atomic mass is 9.96. The van der Waals surface area contributed by atoms with Crippen LogP contribution >= 0.6 is 15.2 Å². The van der Waals surface area contributed by atoms with Crippen molar-refractivity contribution in [2.45, 2.75) is 78.0 Å². The molecule has 0 aliphatic heterocycles. The molecule has 0 saturated carbocycles. The Morgan fingerprint density at radius 1 is 0.957 bits per heavy atom. The van der Waals surface area contributed by atoms with E-state index in [4.69, 9.17) is 9.05 Å². The Morgan fingerprint density at radius 2 is 1.43 bits per heavy atom. The third-order valence-corrected chi connectivity index (χ3v) is 10.3. The minimum atomic E-state index is -4.73. The standard InChI is InChI=1S/C15H34O6P2/c1-6-10-12-14(5)15(13-11-7-2,22(16,17)18)23(19,20-8-3)21-9-4/h14H,6-13H2,1-5H3,(H2,16,17,18). The van der Waals surface area contributed by atoms with Gasteiger partial charge >= 0.3 is 15.2 Å². The molecule has 23 heavy (non-hydrogen) atoms. The Kier molecular flexibility index (Phi) is 10.5. The molecular formula is C15H34O6P2. The van der Waals surface area contributed by atoms with E-state index in [-0.39, 0.29) is 19.6 Å². The van der Waals surface area contributed by atoms with E-state index < -0.39 is 26.0 Å². The summed E-state index contributed by atoms with van der Waals surface area (Å²) in [6, 6.07) is 0.